The van der Waals surface area contributed by atoms with E-state index in [2.05, 4.69) is 15.2 Å². The molecule has 0 atom stereocenters. The van der Waals surface area contributed by atoms with Crippen LogP contribution in [0.3, 0.4) is 0 Å². The monoisotopic (exact) mass is 602 g/mol. The quantitative estimate of drug-likeness (QED) is 0.346. The number of halogens is 5. The summed E-state index contributed by atoms with van der Waals surface area (Å²) in [6, 6.07) is -0.672. The molecule has 0 radical (unpaired) electrons. The second-order valence-corrected chi connectivity index (χ2v) is 12.6. The van der Waals surface area contributed by atoms with Gasteiger partial charge in [-0.15, -0.1) is 0 Å². The molecule has 1 saturated carbocycles. The molecule has 0 aromatic carbocycles. The summed E-state index contributed by atoms with van der Waals surface area (Å²) in [5.74, 6) is -1.78. The number of carboxylic acid groups (broad SMARTS) is 1. The Morgan fingerprint density at radius 3 is 2.40 bits per heavy atom. The molecule has 4 rings (SSSR count). The van der Waals surface area contributed by atoms with E-state index in [1.54, 1.807) is 6.92 Å². The van der Waals surface area contributed by atoms with Crippen LogP contribution >= 0.6 is 23.2 Å². The molecule has 0 saturated heterocycles. The fourth-order valence-corrected chi connectivity index (χ4v) is 5.84. The smallest absolute Gasteiger partial charge is 0.433 e. The van der Waals surface area contributed by atoms with Crippen LogP contribution in [-0.4, -0.2) is 59.4 Å². The zero-order valence-electron chi connectivity index (χ0n) is 22.6. The van der Waals surface area contributed by atoms with Gasteiger partial charge in [0, 0.05) is 19.3 Å². The molecule has 3 aromatic rings. The van der Waals surface area contributed by atoms with E-state index in [0.717, 1.165) is 10.9 Å². The van der Waals surface area contributed by atoms with E-state index in [1.165, 1.54) is 21.9 Å². The first-order valence-corrected chi connectivity index (χ1v) is 13.6. The van der Waals surface area contributed by atoms with E-state index in [1.807, 2.05) is 20.8 Å². The molecular weight excluding hydrogens is 572 g/mol. The molecular formula is C26H31Cl2F3N6O3. The van der Waals surface area contributed by atoms with Gasteiger partial charge < -0.3 is 10.0 Å². The summed E-state index contributed by atoms with van der Waals surface area (Å²) in [5, 5.41) is 18.1. The maximum Gasteiger partial charge on any atom is 0.433 e. The Bertz CT molecular complexity index is 1420. The number of alkyl halides is 3. The summed E-state index contributed by atoms with van der Waals surface area (Å²) in [4.78, 5) is 30.8. The first-order valence-electron chi connectivity index (χ1n) is 12.9. The van der Waals surface area contributed by atoms with Gasteiger partial charge >= 0.3 is 12.1 Å². The van der Waals surface area contributed by atoms with Crippen molar-refractivity contribution in [3.05, 3.63) is 45.6 Å². The molecule has 3 aromatic heterocycles. The summed E-state index contributed by atoms with van der Waals surface area (Å²) in [6.45, 7) is 7.44. The number of carbonyl (C=O) groups excluding carboxylic acids is 1. The number of aromatic nitrogens is 5. The summed E-state index contributed by atoms with van der Waals surface area (Å²) >= 11 is 12.9. The maximum atomic E-state index is 14.4. The molecule has 0 unspecified atom stereocenters. The molecule has 1 amide bonds. The van der Waals surface area contributed by atoms with Crippen molar-refractivity contribution in [2.75, 3.05) is 13.1 Å². The van der Waals surface area contributed by atoms with Crippen molar-refractivity contribution in [1.82, 2.24) is 29.3 Å². The third-order valence-electron chi connectivity index (χ3n) is 7.36. The number of amides is 1. The number of carbonyl (C=O) groups is 2. The van der Waals surface area contributed by atoms with Crippen LogP contribution < -0.4 is 0 Å². The van der Waals surface area contributed by atoms with E-state index < -0.39 is 46.2 Å². The second kappa shape index (κ2) is 10.8. The van der Waals surface area contributed by atoms with E-state index in [0.29, 0.717) is 16.2 Å². The molecule has 40 heavy (non-hydrogen) atoms. The minimum Gasteiger partial charge on any atom is -0.481 e. The predicted molar refractivity (Wildman–Crippen MR) is 143 cm³/mol. The fourth-order valence-electron chi connectivity index (χ4n) is 5.17. The van der Waals surface area contributed by atoms with Crippen LogP contribution in [0.2, 0.25) is 10.0 Å². The van der Waals surface area contributed by atoms with Gasteiger partial charge in [-0.25, -0.2) is 9.50 Å². The largest absolute Gasteiger partial charge is 0.481 e. The molecule has 9 nitrogen and oxygen atoms in total. The first kappa shape index (κ1) is 30.1. The molecule has 0 aliphatic heterocycles. The minimum absolute atomic E-state index is 0.0444. The second-order valence-electron chi connectivity index (χ2n) is 11.8. The van der Waals surface area contributed by atoms with Gasteiger partial charge in [-0.05, 0) is 50.0 Å². The number of nitrogens with zero attached hydrogens (tertiary/aromatic N) is 6. The number of hydrogen-bond acceptors (Lipinski definition) is 5. The summed E-state index contributed by atoms with van der Waals surface area (Å²) in [7, 11) is 0. The fraction of sp³-hybridized carbons (Fsp3) is 0.577. The minimum atomic E-state index is -4.85. The van der Waals surface area contributed by atoms with Crippen molar-refractivity contribution >= 4 is 40.7 Å². The van der Waals surface area contributed by atoms with Crippen molar-refractivity contribution in [2.24, 2.45) is 10.8 Å². The SMILES string of the molecule is CC(C)(C)CN(CCc1c(Cl)cn2ncnc2c1Cl)C(=O)c1cnn([C@H]2CC[C@](C)(C(=O)O)CC2)c1C(F)(F)F. The van der Waals surface area contributed by atoms with Crippen molar-refractivity contribution in [3.63, 3.8) is 0 Å². The van der Waals surface area contributed by atoms with Crippen LogP contribution in [0.5, 0.6) is 0 Å². The highest BCUT2D eigenvalue weighted by atomic mass is 35.5. The number of rotatable bonds is 7. The lowest BCUT2D eigenvalue weighted by molar-refractivity contribution is -0.152. The Kier molecular flexibility index (Phi) is 8.16. The van der Waals surface area contributed by atoms with Crippen molar-refractivity contribution in [2.45, 2.75) is 72.0 Å². The Morgan fingerprint density at radius 1 is 1.18 bits per heavy atom. The zero-order valence-corrected chi connectivity index (χ0v) is 24.1. The third kappa shape index (κ3) is 6.07. The van der Waals surface area contributed by atoms with Gasteiger partial charge in [-0.3, -0.25) is 14.3 Å². The molecule has 3 heterocycles. The highest BCUT2D eigenvalue weighted by Crippen LogP contribution is 2.43. The Labute approximate surface area is 239 Å². The van der Waals surface area contributed by atoms with Gasteiger partial charge in [0.2, 0.25) is 0 Å². The van der Waals surface area contributed by atoms with Gasteiger partial charge in [0.25, 0.3) is 5.91 Å². The van der Waals surface area contributed by atoms with Gasteiger partial charge in [0.1, 0.15) is 6.33 Å². The summed E-state index contributed by atoms with van der Waals surface area (Å²) in [6.07, 6.45) is -0.0304. The average molecular weight is 603 g/mol. The van der Waals surface area contributed by atoms with E-state index in [9.17, 15) is 27.9 Å². The summed E-state index contributed by atoms with van der Waals surface area (Å²) in [5.41, 5.74) is -2.22. The highest BCUT2D eigenvalue weighted by Gasteiger charge is 2.45. The lowest BCUT2D eigenvalue weighted by atomic mass is 9.74. The number of hydrogen-bond donors (Lipinski definition) is 1. The lowest BCUT2D eigenvalue weighted by Gasteiger charge is -2.34. The van der Waals surface area contributed by atoms with Crippen LogP contribution in [0.1, 0.15) is 81.0 Å². The molecule has 1 aliphatic carbocycles. The van der Waals surface area contributed by atoms with Gasteiger partial charge in [0.15, 0.2) is 11.3 Å². The highest BCUT2D eigenvalue weighted by molar-refractivity contribution is 6.37. The molecule has 218 valence electrons. The van der Waals surface area contributed by atoms with Gasteiger partial charge in [-0.1, -0.05) is 44.0 Å². The topological polar surface area (TPSA) is 106 Å². The molecule has 1 aliphatic rings. The van der Waals surface area contributed by atoms with Crippen LogP contribution in [0.15, 0.2) is 18.7 Å². The standard InChI is InChI=1S/C26H31Cl2F3N6O3/c1-24(2,3)13-35(10-7-16-18(27)12-36-21(19(16)28)32-14-34-36)22(38)17-11-33-37(20(17)26(29,30)31)15-5-8-25(4,9-6-15)23(39)40/h11-12,14-15H,5-10,13H2,1-4H3,(H,39,40)/t15-,25-. The molecule has 1 fully saturated rings. The zero-order chi connectivity index (χ0) is 29.6. The average Bonchev–Trinajstić information content (AvgIpc) is 3.50. The van der Waals surface area contributed by atoms with Crippen LogP contribution in [-0.2, 0) is 17.4 Å². The first-order chi connectivity index (χ1) is 18.5. The molecule has 0 bridgehead atoms. The number of aliphatic carboxylic acids is 1. The molecule has 1 N–H and O–H groups in total. The number of carboxylic acids is 1. The van der Waals surface area contributed by atoms with Crippen molar-refractivity contribution < 1.29 is 27.9 Å². The third-order valence-corrected chi connectivity index (χ3v) is 8.08. The van der Waals surface area contributed by atoms with Crippen LogP contribution in [0.25, 0.3) is 5.65 Å². The van der Waals surface area contributed by atoms with Crippen LogP contribution in [0.4, 0.5) is 13.2 Å². The van der Waals surface area contributed by atoms with Gasteiger partial charge in [0.05, 0.1) is 33.3 Å². The van der Waals surface area contributed by atoms with Crippen LogP contribution in [0, 0.1) is 10.8 Å². The number of pyridine rings is 1. The number of fused-ring (bicyclic) bond motifs is 1. The Balaban J connectivity index is 1.65. The van der Waals surface area contributed by atoms with E-state index in [4.69, 9.17) is 23.2 Å². The summed E-state index contributed by atoms with van der Waals surface area (Å²) < 4.78 is 45.6. The van der Waals surface area contributed by atoms with Crippen molar-refractivity contribution in [3.8, 4) is 0 Å². The van der Waals surface area contributed by atoms with E-state index >= 15 is 0 Å². The predicted octanol–water partition coefficient (Wildman–Crippen LogP) is 6.19. The molecule has 14 heteroatoms. The Hall–Kier alpha value is -2.86. The Morgan fingerprint density at radius 2 is 1.82 bits per heavy atom. The lowest BCUT2D eigenvalue weighted by Crippen LogP contribution is -2.40. The normalized spacial score (nSPS) is 20.2. The van der Waals surface area contributed by atoms with Gasteiger partial charge in [-0.2, -0.15) is 23.4 Å². The maximum absolute atomic E-state index is 14.4. The van der Waals surface area contributed by atoms with Crippen molar-refractivity contribution in [1.29, 1.82) is 0 Å². The molecule has 0 spiro atoms. The van der Waals surface area contributed by atoms with E-state index in [-0.39, 0.29) is 50.2 Å².